The van der Waals surface area contributed by atoms with Gasteiger partial charge in [-0.25, -0.2) is 0 Å². The molecule has 0 spiro atoms. The van der Waals surface area contributed by atoms with E-state index in [-0.39, 0.29) is 11.9 Å². The topological polar surface area (TPSA) is 36.2 Å². The van der Waals surface area contributed by atoms with Crippen LogP contribution >= 0.6 is 23.2 Å². The van der Waals surface area contributed by atoms with Crippen LogP contribution in [0.25, 0.3) is 0 Å². The molecule has 0 saturated carbocycles. The lowest BCUT2D eigenvalue weighted by molar-refractivity contribution is -0.705. The molecule has 1 amide bonds. The van der Waals surface area contributed by atoms with Crippen LogP contribution in [0.4, 0.5) is 11.4 Å². The summed E-state index contributed by atoms with van der Waals surface area (Å²) in [7, 11) is 3.94. The number of hydrogen-bond donors (Lipinski definition) is 1. The number of halogens is 2. The van der Waals surface area contributed by atoms with Gasteiger partial charge in [0, 0.05) is 54.6 Å². The van der Waals surface area contributed by atoms with E-state index in [9.17, 15) is 4.79 Å². The van der Waals surface area contributed by atoms with Crippen LogP contribution in [0.15, 0.2) is 42.7 Å². The van der Waals surface area contributed by atoms with Gasteiger partial charge in [-0.2, -0.15) is 4.57 Å². The van der Waals surface area contributed by atoms with E-state index in [0.717, 1.165) is 5.69 Å². The highest BCUT2D eigenvalue weighted by atomic mass is 35.5. The highest BCUT2D eigenvalue weighted by Gasteiger charge is 2.22. The summed E-state index contributed by atoms with van der Waals surface area (Å²) in [5, 5.41) is 3.79. The fourth-order valence-corrected chi connectivity index (χ4v) is 2.52. The Bertz CT molecular complexity index is 651. The van der Waals surface area contributed by atoms with Crippen LogP contribution in [0.2, 0.25) is 10.0 Å². The van der Waals surface area contributed by atoms with Gasteiger partial charge in [0.15, 0.2) is 12.4 Å². The number of benzene rings is 1. The van der Waals surface area contributed by atoms with Gasteiger partial charge in [0.1, 0.15) is 0 Å². The number of nitrogens with zero attached hydrogens (tertiary/aromatic N) is 2. The van der Waals surface area contributed by atoms with E-state index < -0.39 is 0 Å². The zero-order valence-electron chi connectivity index (χ0n) is 12.7. The average Bonchev–Trinajstić information content (AvgIpc) is 2.45. The molecular weight excluding hydrogens is 321 g/mol. The second-order valence-corrected chi connectivity index (χ2v) is 6.09. The van der Waals surface area contributed by atoms with E-state index >= 15 is 0 Å². The number of amides is 1. The average molecular weight is 339 g/mol. The molecule has 116 valence electrons. The first kappa shape index (κ1) is 16.6. The van der Waals surface area contributed by atoms with Gasteiger partial charge in [-0.15, -0.1) is 0 Å². The summed E-state index contributed by atoms with van der Waals surface area (Å²) in [6.45, 7) is 1.83. The summed E-state index contributed by atoms with van der Waals surface area (Å²) in [4.78, 5) is 14.3. The summed E-state index contributed by atoms with van der Waals surface area (Å²) in [6, 6.07) is 8.51. The predicted molar refractivity (Wildman–Crippen MR) is 90.8 cm³/mol. The summed E-state index contributed by atoms with van der Waals surface area (Å²) in [5.74, 6) is -0.138. The Hall–Kier alpha value is -1.78. The third-order valence-corrected chi connectivity index (χ3v) is 3.74. The molecule has 0 radical (unpaired) electrons. The van der Waals surface area contributed by atoms with Gasteiger partial charge in [-0.1, -0.05) is 23.2 Å². The van der Waals surface area contributed by atoms with Crippen molar-refractivity contribution in [2.45, 2.75) is 13.0 Å². The lowest BCUT2D eigenvalue weighted by Crippen LogP contribution is -2.44. The van der Waals surface area contributed by atoms with E-state index in [1.54, 1.807) is 18.2 Å². The van der Waals surface area contributed by atoms with E-state index in [1.807, 2.05) is 55.0 Å². The zero-order valence-corrected chi connectivity index (χ0v) is 14.2. The van der Waals surface area contributed by atoms with Crippen molar-refractivity contribution in [2.75, 3.05) is 24.3 Å². The zero-order chi connectivity index (χ0) is 16.3. The first-order valence-corrected chi connectivity index (χ1v) is 7.57. The molecule has 1 heterocycles. The molecule has 4 nitrogen and oxygen atoms in total. The van der Waals surface area contributed by atoms with Gasteiger partial charge in [0.05, 0.1) is 0 Å². The van der Waals surface area contributed by atoms with Crippen molar-refractivity contribution >= 4 is 40.5 Å². The molecule has 2 rings (SSSR count). The van der Waals surface area contributed by atoms with E-state index in [0.29, 0.717) is 15.7 Å². The second-order valence-electron chi connectivity index (χ2n) is 5.22. The number of anilines is 2. The Morgan fingerprint density at radius 3 is 2.18 bits per heavy atom. The molecule has 0 aliphatic rings. The minimum absolute atomic E-state index is 0.138. The van der Waals surface area contributed by atoms with Gasteiger partial charge in [-0.3, -0.25) is 4.79 Å². The van der Waals surface area contributed by atoms with Crippen LogP contribution in [0.3, 0.4) is 0 Å². The number of carbonyl (C=O) groups is 1. The lowest BCUT2D eigenvalue weighted by atomic mass is 10.2. The first-order chi connectivity index (χ1) is 10.4. The van der Waals surface area contributed by atoms with Crippen LogP contribution in [-0.2, 0) is 4.79 Å². The van der Waals surface area contributed by atoms with E-state index in [4.69, 9.17) is 23.2 Å². The van der Waals surface area contributed by atoms with E-state index in [1.165, 1.54) is 0 Å². The van der Waals surface area contributed by atoms with E-state index in [2.05, 4.69) is 5.32 Å². The van der Waals surface area contributed by atoms with Crippen molar-refractivity contribution in [1.82, 2.24) is 0 Å². The van der Waals surface area contributed by atoms with Gasteiger partial charge in [0.2, 0.25) is 6.04 Å². The van der Waals surface area contributed by atoms with Crippen LogP contribution in [0.5, 0.6) is 0 Å². The third kappa shape index (κ3) is 4.12. The molecule has 2 aromatic rings. The van der Waals surface area contributed by atoms with Gasteiger partial charge >= 0.3 is 0 Å². The monoisotopic (exact) mass is 338 g/mol. The molecule has 0 aliphatic carbocycles. The standard InChI is InChI=1S/C16H17Cl2N3O/c1-11(21-6-4-15(5-7-21)20(2)3)16(22)19-14-9-12(17)8-13(18)10-14/h4-11H,1-3H3/p+1/t11-/m1/s1. The van der Waals surface area contributed by atoms with Gasteiger partial charge in [0.25, 0.3) is 5.91 Å². The minimum atomic E-state index is -0.353. The molecular formula is C16H18Cl2N3O+. The number of carbonyl (C=O) groups excluding carboxylic acids is 1. The molecule has 22 heavy (non-hydrogen) atoms. The number of rotatable bonds is 4. The fourth-order valence-electron chi connectivity index (χ4n) is 1.99. The fraction of sp³-hybridized carbons (Fsp3) is 0.250. The second kappa shape index (κ2) is 6.99. The smallest absolute Gasteiger partial charge is 0.293 e. The maximum Gasteiger partial charge on any atom is 0.293 e. The molecule has 1 aromatic carbocycles. The quantitative estimate of drug-likeness (QED) is 0.865. The van der Waals surface area contributed by atoms with Crippen molar-refractivity contribution in [3.63, 3.8) is 0 Å². The van der Waals surface area contributed by atoms with Crippen molar-refractivity contribution in [2.24, 2.45) is 0 Å². The van der Waals surface area contributed by atoms with Crippen LogP contribution in [-0.4, -0.2) is 20.0 Å². The Morgan fingerprint density at radius 1 is 1.14 bits per heavy atom. The number of hydrogen-bond acceptors (Lipinski definition) is 2. The molecule has 0 bridgehead atoms. The van der Waals surface area contributed by atoms with Gasteiger partial charge in [-0.05, 0) is 18.2 Å². The Kier molecular flexibility index (Phi) is 5.27. The number of pyridine rings is 1. The minimum Gasteiger partial charge on any atom is -0.377 e. The Balaban J connectivity index is 2.11. The van der Waals surface area contributed by atoms with Crippen LogP contribution in [0, 0.1) is 0 Å². The largest absolute Gasteiger partial charge is 0.377 e. The maximum absolute atomic E-state index is 12.3. The van der Waals surface area contributed by atoms with Crippen molar-refractivity contribution in [3.05, 3.63) is 52.8 Å². The summed E-state index contributed by atoms with van der Waals surface area (Å²) in [6.07, 6.45) is 3.76. The van der Waals surface area contributed by atoms with Crippen molar-refractivity contribution in [3.8, 4) is 0 Å². The number of aromatic nitrogens is 1. The molecule has 1 N–H and O–H groups in total. The Labute approximate surface area is 140 Å². The normalized spacial score (nSPS) is 11.9. The van der Waals surface area contributed by atoms with Crippen LogP contribution < -0.4 is 14.8 Å². The molecule has 0 fully saturated rings. The van der Waals surface area contributed by atoms with Gasteiger partial charge < -0.3 is 10.2 Å². The highest BCUT2D eigenvalue weighted by Crippen LogP contribution is 2.22. The highest BCUT2D eigenvalue weighted by molar-refractivity contribution is 6.35. The first-order valence-electron chi connectivity index (χ1n) is 6.82. The SMILES string of the molecule is C[C@H](C(=O)Nc1cc(Cl)cc(Cl)c1)[n+]1ccc(N(C)C)cc1. The maximum atomic E-state index is 12.3. The van der Waals surface area contributed by atoms with Crippen molar-refractivity contribution in [1.29, 1.82) is 0 Å². The molecule has 0 saturated heterocycles. The third-order valence-electron chi connectivity index (χ3n) is 3.31. The summed E-state index contributed by atoms with van der Waals surface area (Å²) >= 11 is 11.9. The molecule has 1 atom stereocenters. The Morgan fingerprint density at radius 2 is 1.68 bits per heavy atom. The summed E-state index contributed by atoms with van der Waals surface area (Å²) < 4.78 is 1.84. The van der Waals surface area contributed by atoms with Crippen LogP contribution in [0.1, 0.15) is 13.0 Å². The number of nitrogens with one attached hydrogen (secondary N) is 1. The molecule has 0 unspecified atom stereocenters. The lowest BCUT2D eigenvalue weighted by Gasteiger charge is -2.12. The molecule has 1 aromatic heterocycles. The summed E-state index contributed by atoms with van der Waals surface area (Å²) in [5.41, 5.74) is 1.66. The molecule has 6 heteroatoms. The molecule has 0 aliphatic heterocycles. The predicted octanol–water partition coefficient (Wildman–Crippen LogP) is 3.55. The van der Waals surface area contributed by atoms with Crippen molar-refractivity contribution < 1.29 is 9.36 Å².